The van der Waals surface area contributed by atoms with Crippen molar-refractivity contribution < 1.29 is 4.79 Å². The number of nitrogens with one attached hydrogen (secondary N) is 2. The van der Waals surface area contributed by atoms with Crippen molar-refractivity contribution in [3.05, 3.63) is 23.8 Å². The van der Waals surface area contributed by atoms with Crippen LogP contribution < -0.4 is 16.6 Å². The van der Waals surface area contributed by atoms with Gasteiger partial charge < -0.3 is 5.32 Å². The number of thioether (sulfide) groups is 1. The van der Waals surface area contributed by atoms with Gasteiger partial charge in [0.15, 0.2) is 0 Å². The lowest BCUT2D eigenvalue weighted by Gasteiger charge is -2.16. The molecule has 0 unspecified atom stereocenters. The van der Waals surface area contributed by atoms with Crippen LogP contribution in [0.5, 0.6) is 0 Å². The van der Waals surface area contributed by atoms with Gasteiger partial charge in [-0.25, -0.2) is 0 Å². The lowest BCUT2D eigenvalue weighted by molar-refractivity contribution is -0.113. The lowest BCUT2D eigenvalue weighted by atomic mass is 10.2. The van der Waals surface area contributed by atoms with Crippen LogP contribution in [-0.2, 0) is 11.3 Å². The Morgan fingerprint density at radius 1 is 1.57 bits per heavy atom. The Kier molecular flexibility index (Phi) is 2.72. The highest BCUT2D eigenvalue weighted by molar-refractivity contribution is 8.00. The highest BCUT2D eigenvalue weighted by atomic mass is 32.2. The summed E-state index contributed by atoms with van der Waals surface area (Å²) in [5.74, 6) is 5.78. The van der Waals surface area contributed by atoms with E-state index < -0.39 is 0 Å². The molecular weight excluding hydrogens is 198 g/mol. The maximum atomic E-state index is 11.1. The Balaban J connectivity index is 2.28. The average molecular weight is 209 g/mol. The molecule has 1 aliphatic heterocycles. The smallest absolute Gasteiger partial charge is 0.234 e. The molecule has 0 bridgehead atoms. The van der Waals surface area contributed by atoms with Crippen LogP contribution in [0.15, 0.2) is 23.1 Å². The summed E-state index contributed by atoms with van der Waals surface area (Å²) < 4.78 is 0. The van der Waals surface area contributed by atoms with Crippen LogP contribution in [0.2, 0.25) is 0 Å². The van der Waals surface area contributed by atoms with Gasteiger partial charge in [0.1, 0.15) is 0 Å². The number of rotatable bonds is 2. The third kappa shape index (κ3) is 1.89. The molecule has 0 atom stereocenters. The molecule has 0 spiro atoms. The van der Waals surface area contributed by atoms with Gasteiger partial charge in [-0.15, -0.1) is 11.8 Å². The fourth-order valence-electron chi connectivity index (χ4n) is 1.36. The molecule has 0 saturated carbocycles. The normalized spacial score (nSPS) is 14.8. The van der Waals surface area contributed by atoms with E-state index in [9.17, 15) is 4.79 Å². The number of hydrogen-bond acceptors (Lipinski definition) is 4. The summed E-state index contributed by atoms with van der Waals surface area (Å²) in [6.07, 6.45) is 0. The molecule has 0 saturated heterocycles. The third-order valence-corrected chi connectivity index (χ3v) is 3.06. The van der Waals surface area contributed by atoms with Gasteiger partial charge in [-0.2, -0.15) is 0 Å². The number of anilines is 1. The molecule has 1 aliphatic rings. The number of benzene rings is 1. The second-order valence-electron chi connectivity index (χ2n) is 3.05. The summed E-state index contributed by atoms with van der Waals surface area (Å²) in [6, 6.07) is 5.95. The fourth-order valence-corrected chi connectivity index (χ4v) is 2.15. The van der Waals surface area contributed by atoms with E-state index >= 15 is 0 Å². The van der Waals surface area contributed by atoms with Crippen molar-refractivity contribution in [2.24, 2.45) is 5.84 Å². The van der Waals surface area contributed by atoms with Crippen molar-refractivity contribution >= 4 is 23.4 Å². The van der Waals surface area contributed by atoms with E-state index in [2.05, 4.69) is 10.7 Å². The van der Waals surface area contributed by atoms with Gasteiger partial charge in [0.05, 0.1) is 11.4 Å². The van der Waals surface area contributed by atoms with E-state index in [-0.39, 0.29) is 5.91 Å². The number of carbonyl (C=O) groups excluding carboxylic acids is 1. The molecular formula is C9H11N3OS. The first-order valence-corrected chi connectivity index (χ1v) is 5.27. The first kappa shape index (κ1) is 9.51. The van der Waals surface area contributed by atoms with Crippen molar-refractivity contribution in [1.29, 1.82) is 0 Å². The van der Waals surface area contributed by atoms with E-state index in [1.54, 1.807) is 11.8 Å². The van der Waals surface area contributed by atoms with Crippen LogP contribution in [0, 0.1) is 0 Å². The Morgan fingerprint density at radius 2 is 2.43 bits per heavy atom. The van der Waals surface area contributed by atoms with Crippen molar-refractivity contribution in [3.63, 3.8) is 0 Å². The molecule has 14 heavy (non-hydrogen) atoms. The SMILES string of the molecule is NNCc1ccc2c(c1)NC(=O)CS2. The van der Waals surface area contributed by atoms with Gasteiger partial charge in [-0.1, -0.05) is 6.07 Å². The summed E-state index contributed by atoms with van der Waals surface area (Å²) in [7, 11) is 0. The summed E-state index contributed by atoms with van der Waals surface area (Å²) in [5, 5.41) is 2.83. The molecule has 0 aliphatic carbocycles. The van der Waals surface area contributed by atoms with Crippen molar-refractivity contribution in [2.45, 2.75) is 11.4 Å². The minimum atomic E-state index is 0.0559. The number of hydrazine groups is 1. The summed E-state index contributed by atoms with van der Waals surface area (Å²) in [5.41, 5.74) is 4.53. The van der Waals surface area contributed by atoms with Crippen LogP contribution in [-0.4, -0.2) is 11.7 Å². The van der Waals surface area contributed by atoms with E-state index in [1.165, 1.54) is 0 Å². The minimum absolute atomic E-state index is 0.0559. The largest absolute Gasteiger partial charge is 0.324 e. The van der Waals surface area contributed by atoms with Gasteiger partial charge >= 0.3 is 0 Å². The molecule has 1 aromatic carbocycles. The van der Waals surface area contributed by atoms with E-state index in [1.807, 2.05) is 18.2 Å². The van der Waals surface area contributed by atoms with E-state index in [4.69, 9.17) is 5.84 Å². The quantitative estimate of drug-likeness (QED) is 0.495. The first-order chi connectivity index (χ1) is 6.79. The summed E-state index contributed by atoms with van der Waals surface area (Å²) >= 11 is 1.56. The Hall–Kier alpha value is -1.04. The predicted molar refractivity (Wildman–Crippen MR) is 56.8 cm³/mol. The van der Waals surface area contributed by atoms with Gasteiger partial charge in [0, 0.05) is 11.4 Å². The summed E-state index contributed by atoms with van der Waals surface area (Å²) in [6.45, 7) is 0.605. The number of fused-ring (bicyclic) bond motifs is 1. The van der Waals surface area contributed by atoms with Crippen molar-refractivity contribution in [3.8, 4) is 0 Å². The maximum absolute atomic E-state index is 11.1. The van der Waals surface area contributed by atoms with Crippen LogP contribution in [0.1, 0.15) is 5.56 Å². The van der Waals surface area contributed by atoms with Gasteiger partial charge in [-0.05, 0) is 17.7 Å². The van der Waals surface area contributed by atoms with Crippen LogP contribution in [0.25, 0.3) is 0 Å². The number of hydrogen-bond donors (Lipinski definition) is 3. The van der Waals surface area contributed by atoms with Gasteiger partial charge in [-0.3, -0.25) is 16.1 Å². The number of amides is 1. The zero-order valence-electron chi connectivity index (χ0n) is 7.54. The molecule has 1 heterocycles. The molecule has 1 amide bonds. The van der Waals surface area contributed by atoms with Gasteiger partial charge in [0.2, 0.25) is 5.91 Å². The fraction of sp³-hybridized carbons (Fsp3) is 0.222. The minimum Gasteiger partial charge on any atom is -0.324 e. The Bertz CT molecular complexity index is 367. The molecule has 2 rings (SSSR count). The molecule has 1 aromatic rings. The first-order valence-electron chi connectivity index (χ1n) is 4.28. The summed E-state index contributed by atoms with van der Waals surface area (Å²) in [4.78, 5) is 12.2. The highest BCUT2D eigenvalue weighted by Crippen LogP contribution is 2.31. The second-order valence-corrected chi connectivity index (χ2v) is 4.07. The predicted octanol–water partition coefficient (Wildman–Crippen LogP) is 0.694. The molecule has 4 N–H and O–H groups in total. The van der Waals surface area contributed by atoms with Crippen LogP contribution in [0.4, 0.5) is 5.69 Å². The van der Waals surface area contributed by atoms with Gasteiger partial charge in [0.25, 0.3) is 0 Å². The van der Waals surface area contributed by atoms with Crippen molar-refractivity contribution in [2.75, 3.05) is 11.1 Å². The molecule has 0 radical (unpaired) electrons. The molecule has 4 nitrogen and oxygen atoms in total. The maximum Gasteiger partial charge on any atom is 0.234 e. The molecule has 5 heteroatoms. The Morgan fingerprint density at radius 3 is 3.21 bits per heavy atom. The molecule has 0 fully saturated rings. The van der Waals surface area contributed by atoms with Crippen molar-refractivity contribution in [1.82, 2.24) is 5.43 Å². The van der Waals surface area contributed by atoms with Crippen LogP contribution >= 0.6 is 11.8 Å². The topological polar surface area (TPSA) is 67.2 Å². The standard InChI is InChI=1S/C9H11N3OS/c10-11-4-6-1-2-8-7(3-6)12-9(13)5-14-8/h1-3,11H,4-5,10H2,(H,12,13). The Labute approximate surface area is 86.2 Å². The zero-order chi connectivity index (χ0) is 9.97. The number of carbonyl (C=O) groups is 1. The average Bonchev–Trinajstić information content (AvgIpc) is 2.17. The second kappa shape index (κ2) is 4.00. The molecule has 74 valence electrons. The van der Waals surface area contributed by atoms with E-state index in [0.29, 0.717) is 12.3 Å². The third-order valence-electron chi connectivity index (χ3n) is 1.98. The monoisotopic (exact) mass is 209 g/mol. The van der Waals surface area contributed by atoms with Crippen LogP contribution in [0.3, 0.4) is 0 Å². The van der Waals surface area contributed by atoms with E-state index in [0.717, 1.165) is 16.1 Å². The lowest BCUT2D eigenvalue weighted by Crippen LogP contribution is -2.22. The molecule has 0 aromatic heterocycles. The number of nitrogens with two attached hydrogens (primary N) is 1. The zero-order valence-corrected chi connectivity index (χ0v) is 8.36. The highest BCUT2D eigenvalue weighted by Gasteiger charge is 2.14.